The molecule has 0 aliphatic heterocycles. The lowest BCUT2D eigenvalue weighted by atomic mass is 9.85. The first-order valence-electron chi connectivity index (χ1n) is 8.21. The molecule has 21 heavy (non-hydrogen) atoms. The Hall–Kier alpha value is -0.940. The third kappa shape index (κ3) is 4.78. The zero-order valence-electron chi connectivity index (χ0n) is 13.5. The quantitative estimate of drug-likeness (QED) is 0.835. The van der Waals surface area contributed by atoms with Gasteiger partial charge in [0.2, 0.25) is 11.7 Å². The smallest absolute Gasteiger partial charge is 0.228 e. The second-order valence-corrected chi connectivity index (χ2v) is 6.69. The van der Waals surface area contributed by atoms with Gasteiger partial charge in [0.15, 0.2) is 0 Å². The maximum Gasteiger partial charge on any atom is 0.228 e. The van der Waals surface area contributed by atoms with Gasteiger partial charge in [-0.1, -0.05) is 38.3 Å². The van der Waals surface area contributed by atoms with Crippen molar-refractivity contribution in [3.63, 3.8) is 0 Å². The number of hydrogen-bond donors (Lipinski definition) is 1. The van der Waals surface area contributed by atoms with E-state index in [0.29, 0.717) is 30.0 Å². The summed E-state index contributed by atoms with van der Waals surface area (Å²) in [5, 5.41) is 4.13. The van der Waals surface area contributed by atoms with Crippen LogP contribution in [0.2, 0.25) is 0 Å². The number of nitrogens with zero attached hydrogens (tertiary/aromatic N) is 2. The molecule has 1 aromatic heterocycles. The Morgan fingerprint density at radius 3 is 2.62 bits per heavy atom. The molecule has 2 rings (SSSR count). The Kier molecular flexibility index (Phi) is 6.18. The van der Waals surface area contributed by atoms with Crippen LogP contribution in [0, 0.1) is 11.8 Å². The Morgan fingerprint density at radius 2 is 2.00 bits per heavy atom. The summed E-state index contributed by atoms with van der Waals surface area (Å²) in [5.41, 5.74) is 6.11. The first kappa shape index (κ1) is 16.4. The predicted molar refractivity (Wildman–Crippen MR) is 81.8 cm³/mol. The second-order valence-electron chi connectivity index (χ2n) is 6.69. The van der Waals surface area contributed by atoms with Crippen LogP contribution >= 0.6 is 0 Å². The van der Waals surface area contributed by atoms with Crippen molar-refractivity contribution in [2.24, 2.45) is 17.6 Å². The molecular weight excluding hydrogens is 266 g/mol. The van der Waals surface area contributed by atoms with E-state index in [1.54, 1.807) is 7.11 Å². The third-order valence-electron chi connectivity index (χ3n) is 4.28. The van der Waals surface area contributed by atoms with Gasteiger partial charge in [0.05, 0.1) is 0 Å². The Bertz CT molecular complexity index is 413. The molecule has 1 aliphatic carbocycles. The van der Waals surface area contributed by atoms with E-state index in [1.807, 2.05) is 0 Å². The zero-order chi connectivity index (χ0) is 15.2. The molecule has 5 heteroatoms. The number of rotatable bonds is 7. The van der Waals surface area contributed by atoms with Gasteiger partial charge in [-0.2, -0.15) is 4.98 Å². The fourth-order valence-corrected chi connectivity index (χ4v) is 3.33. The lowest BCUT2D eigenvalue weighted by Gasteiger charge is -2.26. The molecule has 1 fully saturated rings. The van der Waals surface area contributed by atoms with E-state index in [-0.39, 0.29) is 12.1 Å². The SMILES string of the molecule is COC(c1noc(CC(N)CC(C)C)n1)C1CCCCC1. The summed E-state index contributed by atoms with van der Waals surface area (Å²) in [6.45, 7) is 4.34. The van der Waals surface area contributed by atoms with Crippen molar-refractivity contribution in [2.45, 2.75) is 70.9 Å². The van der Waals surface area contributed by atoms with Crippen LogP contribution in [0.1, 0.15) is 70.2 Å². The number of nitrogens with two attached hydrogens (primary N) is 1. The molecule has 5 nitrogen and oxygen atoms in total. The average Bonchev–Trinajstić information content (AvgIpc) is 2.88. The normalized spacial score (nSPS) is 19.9. The van der Waals surface area contributed by atoms with E-state index in [0.717, 1.165) is 6.42 Å². The van der Waals surface area contributed by atoms with Crippen molar-refractivity contribution in [3.05, 3.63) is 11.7 Å². The molecule has 1 aliphatic rings. The summed E-state index contributed by atoms with van der Waals surface area (Å²) in [5.74, 6) is 2.42. The fourth-order valence-electron chi connectivity index (χ4n) is 3.33. The zero-order valence-corrected chi connectivity index (χ0v) is 13.5. The largest absolute Gasteiger partial charge is 0.373 e. The predicted octanol–water partition coefficient (Wildman–Crippen LogP) is 3.25. The molecule has 0 aromatic carbocycles. The summed E-state index contributed by atoms with van der Waals surface area (Å²) in [6, 6.07) is 0.0778. The molecule has 2 unspecified atom stereocenters. The number of hydrogen-bond acceptors (Lipinski definition) is 5. The topological polar surface area (TPSA) is 74.2 Å². The van der Waals surface area contributed by atoms with Crippen molar-refractivity contribution in [1.82, 2.24) is 10.1 Å². The third-order valence-corrected chi connectivity index (χ3v) is 4.28. The maximum absolute atomic E-state index is 6.11. The summed E-state index contributed by atoms with van der Waals surface area (Å²) in [4.78, 5) is 4.52. The van der Waals surface area contributed by atoms with E-state index in [2.05, 4.69) is 24.0 Å². The van der Waals surface area contributed by atoms with Crippen LogP contribution in [0.15, 0.2) is 4.52 Å². The Morgan fingerprint density at radius 1 is 1.29 bits per heavy atom. The van der Waals surface area contributed by atoms with Gasteiger partial charge in [-0.15, -0.1) is 0 Å². The van der Waals surface area contributed by atoms with Crippen molar-refractivity contribution in [2.75, 3.05) is 7.11 Å². The van der Waals surface area contributed by atoms with Gasteiger partial charge >= 0.3 is 0 Å². The van der Waals surface area contributed by atoms with Crippen LogP contribution in [0.3, 0.4) is 0 Å². The molecule has 0 spiro atoms. The molecule has 2 atom stereocenters. The lowest BCUT2D eigenvalue weighted by Crippen LogP contribution is -2.25. The Labute approximate surface area is 127 Å². The summed E-state index contributed by atoms with van der Waals surface area (Å²) in [6.07, 6.45) is 7.83. The second kappa shape index (κ2) is 7.90. The molecule has 0 bridgehead atoms. The number of methoxy groups -OCH3 is 1. The van der Waals surface area contributed by atoms with E-state index in [1.165, 1.54) is 32.1 Å². The molecular formula is C16H29N3O2. The molecule has 1 heterocycles. The molecule has 0 saturated heterocycles. The van der Waals surface area contributed by atoms with E-state index >= 15 is 0 Å². The van der Waals surface area contributed by atoms with Crippen LogP contribution in [-0.4, -0.2) is 23.3 Å². The number of ether oxygens (including phenoxy) is 1. The first-order chi connectivity index (χ1) is 10.1. The minimum Gasteiger partial charge on any atom is -0.373 e. The van der Waals surface area contributed by atoms with Crippen LogP contribution in [0.25, 0.3) is 0 Å². The van der Waals surface area contributed by atoms with Crippen LogP contribution in [0.5, 0.6) is 0 Å². The molecule has 0 radical (unpaired) electrons. The average molecular weight is 295 g/mol. The van der Waals surface area contributed by atoms with Crippen LogP contribution in [-0.2, 0) is 11.2 Å². The molecule has 120 valence electrons. The summed E-state index contributed by atoms with van der Waals surface area (Å²) < 4.78 is 11.0. The summed E-state index contributed by atoms with van der Waals surface area (Å²) >= 11 is 0. The van der Waals surface area contributed by atoms with Gasteiger partial charge < -0.3 is 15.0 Å². The van der Waals surface area contributed by atoms with Gasteiger partial charge in [0.1, 0.15) is 6.10 Å². The minimum absolute atomic E-state index is 0.0378. The van der Waals surface area contributed by atoms with Crippen molar-refractivity contribution in [3.8, 4) is 0 Å². The van der Waals surface area contributed by atoms with Gasteiger partial charge in [0.25, 0.3) is 0 Å². The summed E-state index contributed by atoms with van der Waals surface area (Å²) in [7, 11) is 1.74. The number of aromatic nitrogens is 2. The van der Waals surface area contributed by atoms with Crippen LogP contribution in [0.4, 0.5) is 0 Å². The lowest BCUT2D eigenvalue weighted by molar-refractivity contribution is 0.0273. The molecule has 2 N–H and O–H groups in total. The highest BCUT2D eigenvalue weighted by Gasteiger charge is 2.29. The molecule has 1 saturated carbocycles. The Balaban J connectivity index is 1.96. The van der Waals surface area contributed by atoms with E-state index in [9.17, 15) is 0 Å². The van der Waals surface area contributed by atoms with Crippen molar-refractivity contribution in [1.29, 1.82) is 0 Å². The molecule has 1 aromatic rings. The standard InChI is InChI=1S/C16H29N3O2/c1-11(2)9-13(17)10-14-18-16(19-21-14)15(20-3)12-7-5-4-6-8-12/h11-13,15H,4-10,17H2,1-3H3. The maximum atomic E-state index is 6.11. The van der Waals surface area contributed by atoms with Gasteiger partial charge in [-0.25, -0.2) is 0 Å². The van der Waals surface area contributed by atoms with E-state index < -0.39 is 0 Å². The van der Waals surface area contributed by atoms with Crippen LogP contribution < -0.4 is 5.73 Å². The fraction of sp³-hybridized carbons (Fsp3) is 0.875. The van der Waals surface area contributed by atoms with Gasteiger partial charge in [-0.05, 0) is 31.1 Å². The first-order valence-corrected chi connectivity index (χ1v) is 8.21. The molecule has 0 amide bonds. The van der Waals surface area contributed by atoms with Gasteiger partial charge in [-0.3, -0.25) is 0 Å². The van der Waals surface area contributed by atoms with Crippen molar-refractivity contribution >= 4 is 0 Å². The van der Waals surface area contributed by atoms with Crippen molar-refractivity contribution < 1.29 is 9.26 Å². The monoisotopic (exact) mass is 295 g/mol. The highest BCUT2D eigenvalue weighted by Crippen LogP contribution is 2.35. The highest BCUT2D eigenvalue weighted by atomic mass is 16.5. The van der Waals surface area contributed by atoms with E-state index in [4.69, 9.17) is 15.0 Å². The van der Waals surface area contributed by atoms with Gasteiger partial charge in [0, 0.05) is 19.6 Å². The highest BCUT2D eigenvalue weighted by molar-refractivity contribution is 4.96. The minimum atomic E-state index is -0.0378.